The molecule has 0 fully saturated rings. The highest BCUT2D eigenvalue weighted by Crippen LogP contribution is 2.13. The van der Waals surface area contributed by atoms with Gasteiger partial charge >= 0.3 is 0 Å². The fourth-order valence-corrected chi connectivity index (χ4v) is 1.85. The Kier molecular flexibility index (Phi) is 4.66. The van der Waals surface area contributed by atoms with E-state index in [2.05, 4.69) is 4.90 Å². The molecule has 0 aliphatic carbocycles. The molecule has 4 nitrogen and oxygen atoms in total. The molecule has 17 heavy (non-hydrogen) atoms. The van der Waals surface area contributed by atoms with Gasteiger partial charge in [0.25, 0.3) is 0 Å². The molecule has 0 bridgehead atoms. The van der Waals surface area contributed by atoms with Crippen LogP contribution in [0.1, 0.15) is 23.6 Å². The van der Waals surface area contributed by atoms with Gasteiger partial charge in [-0.2, -0.15) is 0 Å². The maximum Gasteiger partial charge on any atom is 0.122 e. The largest absolute Gasteiger partial charge is 0.392 e. The van der Waals surface area contributed by atoms with E-state index in [0.717, 1.165) is 17.7 Å². The average Bonchev–Trinajstić information content (AvgIpc) is 2.19. The molecule has 94 valence electrons. The number of aliphatic hydroxyl groups excluding tert-OH is 1. The monoisotopic (exact) mass is 235 g/mol. The second-order valence-corrected chi connectivity index (χ2v) is 4.60. The van der Waals surface area contributed by atoms with Crippen molar-refractivity contribution in [1.29, 1.82) is 5.41 Å². The van der Waals surface area contributed by atoms with E-state index in [-0.39, 0.29) is 11.9 Å². The zero-order valence-electron chi connectivity index (χ0n) is 10.7. The summed E-state index contributed by atoms with van der Waals surface area (Å²) in [5.74, 6) is 0.0944. The van der Waals surface area contributed by atoms with E-state index in [4.69, 9.17) is 11.1 Å². The minimum Gasteiger partial charge on any atom is -0.392 e. The Morgan fingerprint density at radius 2 is 2.18 bits per heavy atom. The van der Waals surface area contributed by atoms with Crippen molar-refractivity contribution in [1.82, 2.24) is 4.90 Å². The first-order chi connectivity index (χ1) is 7.90. The molecule has 0 saturated heterocycles. The number of aliphatic hydroxyl groups is 1. The number of amidine groups is 1. The molecule has 1 aromatic rings. The lowest BCUT2D eigenvalue weighted by molar-refractivity contribution is 0.138. The van der Waals surface area contributed by atoms with Crippen LogP contribution in [0.2, 0.25) is 0 Å². The van der Waals surface area contributed by atoms with Gasteiger partial charge in [-0.15, -0.1) is 0 Å². The van der Waals surface area contributed by atoms with Crippen LogP contribution in [0, 0.1) is 12.3 Å². The van der Waals surface area contributed by atoms with Crippen LogP contribution in [0.25, 0.3) is 0 Å². The molecule has 4 N–H and O–H groups in total. The number of rotatable bonds is 5. The quantitative estimate of drug-likeness (QED) is 0.528. The lowest BCUT2D eigenvalue weighted by Crippen LogP contribution is -2.27. The summed E-state index contributed by atoms with van der Waals surface area (Å²) in [4.78, 5) is 2.07. The van der Waals surface area contributed by atoms with E-state index >= 15 is 0 Å². The summed E-state index contributed by atoms with van der Waals surface area (Å²) in [6.07, 6.45) is -0.322. The first kappa shape index (κ1) is 13.7. The number of hydrogen-bond donors (Lipinski definition) is 3. The van der Waals surface area contributed by atoms with Crippen molar-refractivity contribution in [3.05, 3.63) is 34.9 Å². The van der Waals surface area contributed by atoms with E-state index in [1.54, 1.807) is 6.92 Å². The smallest absolute Gasteiger partial charge is 0.122 e. The second kappa shape index (κ2) is 5.80. The Balaban J connectivity index is 2.75. The molecule has 0 aromatic heterocycles. The highest BCUT2D eigenvalue weighted by Gasteiger charge is 2.07. The summed E-state index contributed by atoms with van der Waals surface area (Å²) in [7, 11) is 1.98. The lowest BCUT2D eigenvalue weighted by Gasteiger charge is -2.19. The Labute approximate surface area is 103 Å². The molecule has 1 aromatic carbocycles. The van der Waals surface area contributed by atoms with Crippen LogP contribution >= 0.6 is 0 Å². The van der Waals surface area contributed by atoms with Crippen molar-refractivity contribution in [2.75, 3.05) is 13.6 Å². The molecule has 1 unspecified atom stereocenters. The maximum absolute atomic E-state index is 9.30. The van der Waals surface area contributed by atoms with E-state index in [1.165, 1.54) is 5.56 Å². The van der Waals surface area contributed by atoms with Crippen LogP contribution in [-0.4, -0.2) is 35.5 Å². The highest BCUT2D eigenvalue weighted by atomic mass is 16.3. The normalized spacial score (nSPS) is 12.8. The zero-order chi connectivity index (χ0) is 13.0. The lowest BCUT2D eigenvalue weighted by atomic mass is 10.0. The Morgan fingerprint density at radius 1 is 1.53 bits per heavy atom. The average molecular weight is 235 g/mol. The summed E-state index contributed by atoms with van der Waals surface area (Å²) < 4.78 is 0. The van der Waals surface area contributed by atoms with Crippen LogP contribution in [0.5, 0.6) is 0 Å². The number of benzene rings is 1. The number of nitrogens with two attached hydrogens (primary N) is 1. The van der Waals surface area contributed by atoms with Crippen LogP contribution in [0.3, 0.4) is 0 Å². The van der Waals surface area contributed by atoms with Crippen molar-refractivity contribution in [3.63, 3.8) is 0 Å². The van der Waals surface area contributed by atoms with Crippen molar-refractivity contribution >= 4 is 5.84 Å². The first-order valence-corrected chi connectivity index (χ1v) is 5.70. The van der Waals surface area contributed by atoms with Crippen molar-refractivity contribution in [2.45, 2.75) is 26.5 Å². The minimum atomic E-state index is -0.322. The van der Waals surface area contributed by atoms with Gasteiger partial charge in [0.05, 0.1) is 6.10 Å². The van der Waals surface area contributed by atoms with Gasteiger partial charge in [-0.25, -0.2) is 0 Å². The van der Waals surface area contributed by atoms with Gasteiger partial charge in [0, 0.05) is 18.7 Å². The Bertz CT molecular complexity index is 402. The van der Waals surface area contributed by atoms with E-state index in [1.807, 2.05) is 32.2 Å². The molecule has 0 amide bonds. The molecule has 4 heteroatoms. The van der Waals surface area contributed by atoms with Crippen LogP contribution in [0.15, 0.2) is 18.2 Å². The van der Waals surface area contributed by atoms with Gasteiger partial charge in [0.1, 0.15) is 5.84 Å². The van der Waals surface area contributed by atoms with Crippen LogP contribution in [0.4, 0.5) is 0 Å². The van der Waals surface area contributed by atoms with Gasteiger partial charge in [0.15, 0.2) is 0 Å². The minimum absolute atomic E-state index is 0.0944. The van der Waals surface area contributed by atoms with Gasteiger partial charge in [-0.1, -0.05) is 12.1 Å². The highest BCUT2D eigenvalue weighted by molar-refractivity contribution is 5.95. The van der Waals surface area contributed by atoms with E-state index in [0.29, 0.717) is 6.54 Å². The van der Waals surface area contributed by atoms with Crippen LogP contribution < -0.4 is 5.73 Å². The number of likely N-dealkylation sites (N-methyl/N-ethyl adjacent to an activating group) is 1. The maximum atomic E-state index is 9.30. The molecule has 0 spiro atoms. The van der Waals surface area contributed by atoms with Crippen LogP contribution in [-0.2, 0) is 6.54 Å². The summed E-state index contributed by atoms with van der Waals surface area (Å²) in [6.45, 7) is 5.23. The number of nitrogens with one attached hydrogen (secondary N) is 1. The number of nitrogen functional groups attached to an aromatic ring is 1. The molecule has 1 rings (SSSR count). The summed E-state index contributed by atoms with van der Waals surface area (Å²) in [5, 5.41) is 16.7. The first-order valence-electron chi connectivity index (χ1n) is 5.70. The Morgan fingerprint density at radius 3 is 2.65 bits per heavy atom. The summed E-state index contributed by atoms with van der Waals surface area (Å²) in [5.41, 5.74) is 8.51. The standard InChI is InChI=1S/C13H21N3O/c1-9-6-11(13(14)15)4-5-12(9)8-16(3)7-10(2)17/h4-6,10,17H,7-8H2,1-3H3,(H3,14,15). The van der Waals surface area contributed by atoms with Crippen molar-refractivity contribution < 1.29 is 5.11 Å². The van der Waals surface area contributed by atoms with Crippen molar-refractivity contribution in [2.24, 2.45) is 5.73 Å². The molecule has 1 atom stereocenters. The number of hydrogen-bond acceptors (Lipinski definition) is 3. The molecule has 0 heterocycles. The summed E-state index contributed by atoms with van der Waals surface area (Å²) in [6, 6.07) is 5.78. The molecule has 0 saturated carbocycles. The molecule has 0 radical (unpaired) electrons. The predicted octanol–water partition coefficient (Wildman–Crippen LogP) is 1.09. The van der Waals surface area contributed by atoms with Gasteiger partial charge < -0.3 is 10.8 Å². The number of nitrogens with zero attached hydrogens (tertiary/aromatic N) is 1. The van der Waals surface area contributed by atoms with Gasteiger partial charge in [0.2, 0.25) is 0 Å². The third-order valence-corrected chi connectivity index (χ3v) is 2.67. The second-order valence-electron chi connectivity index (χ2n) is 4.60. The molecule has 0 aliphatic heterocycles. The van der Waals surface area contributed by atoms with E-state index < -0.39 is 0 Å². The van der Waals surface area contributed by atoms with Gasteiger partial charge in [-0.3, -0.25) is 10.3 Å². The predicted molar refractivity (Wildman–Crippen MR) is 70.2 cm³/mol. The molecular weight excluding hydrogens is 214 g/mol. The van der Waals surface area contributed by atoms with Gasteiger partial charge in [-0.05, 0) is 38.1 Å². The fraction of sp³-hybridized carbons (Fsp3) is 0.462. The zero-order valence-corrected chi connectivity index (χ0v) is 10.7. The van der Waals surface area contributed by atoms with E-state index in [9.17, 15) is 5.11 Å². The SMILES string of the molecule is Cc1cc(C(=N)N)ccc1CN(C)CC(C)O. The fourth-order valence-electron chi connectivity index (χ4n) is 1.85. The molecular formula is C13H21N3O. The third-order valence-electron chi connectivity index (χ3n) is 2.67. The summed E-state index contributed by atoms with van der Waals surface area (Å²) >= 11 is 0. The Hall–Kier alpha value is -1.39. The van der Waals surface area contributed by atoms with Crippen molar-refractivity contribution in [3.8, 4) is 0 Å². The third kappa shape index (κ3) is 4.17. The number of aryl methyl sites for hydroxylation is 1. The topological polar surface area (TPSA) is 73.3 Å². The molecule has 0 aliphatic rings.